The molecule has 0 aromatic heterocycles. The van der Waals surface area contributed by atoms with E-state index in [1.54, 1.807) is 0 Å². The Labute approximate surface area is 67.0 Å². The van der Waals surface area contributed by atoms with Crippen molar-refractivity contribution in [2.75, 3.05) is 0 Å². The molecule has 0 aliphatic rings. The van der Waals surface area contributed by atoms with Crippen LogP contribution in [0.2, 0.25) is 0 Å². The fraction of sp³-hybridized carbons (Fsp3) is 0.200. The third kappa shape index (κ3) is 2.20. The van der Waals surface area contributed by atoms with Gasteiger partial charge in [-0.2, -0.15) is 0 Å². The van der Waals surface area contributed by atoms with Gasteiger partial charge in [-0.1, -0.05) is 30.3 Å². The molecule has 1 heteroatoms. The Balaban J connectivity index is 2.74. The third-order valence-electron chi connectivity index (χ3n) is 1.59. The number of aliphatic hydroxyl groups excluding tert-OH is 1. The SMILES string of the molecule is C=CCc1ccc(CO)cc1. The minimum atomic E-state index is 0.119. The van der Waals surface area contributed by atoms with E-state index in [4.69, 9.17) is 5.11 Å². The number of benzene rings is 1. The second-order valence-electron chi connectivity index (χ2n) is 2.47. The molecule has 0 saturated carbocycles. The molecular formula is C10H12O. The Bertz CT molecular complexity index is 223. The summed E-state index contributed by atoms with van der Waals surface area (Å²) in [7, 11) is 0. The smallest absolute Gasteiger partial charge is 0.0681 e. The lowest BCUT2D eigenvalue weighted by molar-refractivity contribution is 0.282. The molecule has 1 rings (SSSR count). The van der Waals surface area contributed by atoms with Crippen molar-refractivity contribution in [3.8, 4) is 0 Å². The summed E-state index contributed by atoms with van der Waals surface area (Å²) in [6.45, 7) is 3.77. The van der Waals surface area contributed by atoms with Crippen LogP contribution in [0.4, 0.5) is 0 Å². The highest BCUT2D eigenvalue weighted by Gasteiger charge is 1.89. The van der Waals surface area contributed by atoms with Crippen molar-refractivity contribution < 1.29 is 5.11 Å². The van der Waals surface area contributed by atoms with Crippen molar-refractivity contribution >= 4 is 0 Å². The van der Waals surface area contributed by atoms with Crippen LogP contribution in [0, 0.1) is 0 Å². The summed E-state index contributed by atoms with van der Waals surface area (Å²) in [5, 5.41) is 8.74. The van der Waals surface area contributed by atoms with Gasteiger partial charge in [-0.3, -0.25) is 0 Å². The molecule has 0 radical (unpaired) electrons. The van der Waals surface area contributed by atoms with Crippen LogP contribution in [0.25, 0.3) is 0 Å². The van der Waals surface area contributed by atoms with E-state index in [1.165, 1.54) is 5.56 Å². The molecule has 11 heavy (non-hydrogen) atoms. The lowest BCUT2D eigenvalue weighted by Gasteiger charge is -1.97. The Morgan fingerprint density at radius 2 is 1.73 bits per heavy atom. The van der Waals surface area contributed by atoms with Crippen molar-refractivity contribution in [2.45, 2.75) is 13.0 Å². The molecule has 0 heterocycles. The number of hydrogen-bond donors (Lipinski definition) is 1. The van der Waals surface area contributed by atoms with Gasteiger partial charge in [-0.05, 0) is 17.5 Å². The average Bonchev–Trinajstić information content (AvgIpc) is 2.07. The van der Waals surface area contributed by atoms with E-state index in [1.807, 2.05) is 30.3 Å². The van der Waals surface area contributed by atoms with Crippen molar-refractivity contribution in [3.63, 3.8) is 0 Å². The lowest BCUT2D eigenvalue weighted by Crippen LogP contribution is -1.84. The summed E-state index contributed by atoms with van der Waals surface area (Å²) in [5.41, 5.74) is 2.19. The molecule has 0 aliphatic carbocycles. The number of aliphatic hydroxyl groups is 1. The molecule has 58 valence electrons. The topological polar surface area (TPSA) is 20.2 Å². The minimum absolute atomic E-state index is 0.119. The van der Waals surface area contributed by atoms with Crippen LogP contribution in [-0.4, -0.2) is 5.11 Å². The summed E-state index contributed by atoms with van der Waals surface area (Å²) in [6, 6.07) is 7.87. The Morgan fingerprint density at radius 3 is 2.18 bits per heavy atom. The summed E-state index contributed by atoms with van der Waals surface area (Å²) in [6.07, 6.45) is 2.76. The third-order valence-corrected chi connectivity index (χ3v) is 1.59. The normalized spacial score (nSPS) is 9.55. The van der Waals surface area contributed by atoms with Gasteiger partial charge in [-0.25, -0.2) is 0 Å². The molecule has 0 bridgehead atoms. The van der Waals surface area contributed by atoms with Gasteiger partial charge < -0.3 is 5.11 Å². The number of allylic oxidation sites excluding steroid dienone is 1. The first-order valence-electron chi connectivity index (χ1n) is 3.66. The summed E-state index contributed by atoms with van der Waals surface area (Å²) < 4.78 is 0. The summed E-state index contributed by atoms with van der Waals surface area (Å²) in [4.78, 5) is 0. The summed E-state index contributed by atoms with van der Waals surface area (Å²) in [5.74, 6) is 0. The minimum Gasteiger partial charge on any atom is -0.392 e. The van der Waals surface area contributed by atoms with E-state index in [2.05, 4.69) is 6.58 Å². The van der Waals surface area contributed by atoms with Crippen LogP contribution in [0.15, 0.2) is 36.9 Å². The fourth-order valence-electron chi connectivity index (χ4n) is 0.947. The lowest BCUT2D eigenvalue weighted by atomic mass is 10.1. The Morgan fingerprint density at radius 1 is 1.18 bits per heavy atom. The highest BCUT2D eigenvalue weighted by atomic mass is 16.3. The highest BCUT2D eigenvalue weighted by molar-refractivity contribution is 5.23. The fourth-order valence-corrected chi connectivity index (χ4v) is 0.947. The van der Waals surface area contributed by atoms with E-state index in [-0.39, 0.29) is 6.61 Å². The molecule has 1 aromatic rings. The van der Waals surface area contributed by atoms with Crippen molar-refractivity contribution in [3.05, 3.63) is 48.0 Å². The molecule has 0 aliphatic heterocycles. The summed E-state index contributed by atoms with van der Waals surface area (Å²) >= 11 is 0. The molecule has 0 amide bonds. The van der Waals surface area contributed by atoms with Crippen LogP contribution in [-0.2, 0) is 13.0 Å². The van der Waals surface area contributed by atoms with Gasteiger partial charge in [0, 0.05) is 0 Å². The highest BCUT2D eigenvalue weighted by Crippen LogP contribution is 2.04. The first-order valence-corrected chi connectivity index (χ1v) is 3.66. The molecule has 1 aromatic carbocycles. The van der Waals surface area contributed by atoms with Crippen molar-refractivity contribution in [1.29, 1.82) is 0 Å². The van der Waals surface area contributed by atoms with E-state index in [0.717, 1.165) is 12.0 Å². The quantitative estimate of drug-likeness (QED) is 0.649. The standard InChI is InChI=1S/C10H12O/c1-2-3-9-4-6-10(8-11)7-5-9/h2,4-7,11H,1,3,8H2. The zero-order valence-electron chi connectivity index (χ0n) is 6.46. The molecule has 0 saturated heterocycles. The zero-order chi connectivity index (χ0) is 8.10. The molecule has 0 atom stereocenters. The van der Waals surface area contributed by atoms with Gasteiger partial charge in [0.1, 0.15) is 0 Å². The molecule has 1 N–H and O–H groups in total. The maximum atomic E-state index is 8.74. The maximum Gasteiger partial charge on any atom is 0.0681 e. The van der Waals surface area contributed by atoms with Gasteiger partial charge in [-0.15, -0.1) is 6.58 Å². The van der Waals surface area contributed by atoms with Crippen LogP contribution in [0.1, 0.15) is 11.1 Å². The molecule has 0 unspecified atom stereocenters. The predicted molar refractivity (Wildman–Crippen MR) is 46.3 cm³/mol. The second-order valence-corrected chi connectivity index (χ2v) is 2.47. The average molecular weight is 148 g/mol. The molecule has 0 fully saturated rings. The van der Waals surface area contributed by atoms with Gasteiger partial charge in [0.2, 0.25) is 0 Å². The van der Waals surface area contributed by atoms with Crippen LogP contribution >= 0.6 is 0 Å². The second kappa shape index (κ2) is 3.94. The zero-order valence-corrected chi connectivity index (χ0v) is 6.46. The van der Waals surface area contributed by atoms with Gasteiger partial charge in [0.15, 0.2) is 0 Å². The van der Waals surface area contributed by atoms with Gasteiger partial charge in [0.25, 0.3) is 0 Å². The van der Waals surface area contributed by atoms with E-state index < -0.39 is 0 Å². The van der Waals surface area contributed by atoms with E-state index in [9.17, 15) is 0 Å². The van der Waals surface area contributed by atoms with Crippen LogP contribution in [0.3, 0.4) is 0 Å². The molecular weight excluding hydrogens is 136 g/mol. The largest absolute Gasteiger partial charge is 0.392 e. The van der Waals surface area contributed by atoms with E-state index >= 15 is 0 Å². The molecule has 1 nitrogen and oxygen atoms in total. The Hall–Kier alpha value is -1.08. The maximum absolute atomic E-state index is 8.74. The van der Waals surface area contributed by atoms with Crippen LogP contribution in [0.5, 0.6) is 0 Å². The first kappa shape index (κ1) is 8.02. The monoisotopic (exact) mass is 148 g/mol. The van der Waals surface area contributed by atoms with Crippen molar-refractivity contribution in [2.24, 2.45) is 0 Å². The first-order chi connectivity index (χ1) is 5.36. The predicted octanol–water partition coefficient (Wildman–Crippen LogP) is 1.91. The van der Waals surface area contributed by atoms with E-state index in [0.29, 0.717) is 0 Å². The van der Waals surface area contributed by atoms with Gasteiger partial charge in [0.05, 0.1) is 6.61 Å². The van der Waals surface area contributed by atoms with Crippen LogP contribution < -0.4 is 0 Å². The molecule has 0 spiro atoms. The Kier molecular flexibility index (Phi) is 2.87. The van der Waals surface area contributed by atoms with Gasteiger partial charge >= 0.3 is 0 Å². The number of rotatable bonds is 3. The van der Waals surface area contributed by atoms with Crippen molar-refractivity contribution in [1.82, 2.24) is 0 Å². The number of hydrogen-bond acceptors (Lipinski definition) is 1.